The van der Waals surface area contributed by atoms with Crippen LogP contribution >= 0.6 is 0 Å². The van der Waals surface area contributed by atoms with Gasteiger partial charge in [0.2, 0.25) is 0 Å². The minimum atomic E-state index is -0.710. The molecule has 1 aliphatic heterocycles. The van der Waals surface area contributed by atoms with Crippen LogP contribution in [0.15, 0.2) is 0 Å². The Morgan fingerprint density at radius 3 is 2.14 bits per heavy atom. The van der Waals surface area contributed by atoms with Gasteiger partial charge in [-0.15, -0.1) is 0 Å². The monoisotopic (exact) mass is 297 g/mol. The Morgan fingerprint density at radius 2 is 1.71 bits per heavy atom. The summed E-state index contributed by atoms with van der Waals surface area (Å²) in [4.78, 5) is 24.7. The summed E-state index contributed by atoms with van der Waals surface area (Å²) in [7, 11) is 0. The standard InChI is InChI=1S/C16H27NO4/c1-14(2,3)21-13(20)17-7-5-16(6-8-17)10-15(4,11-16)9-12(18)19/h5-11H2,1-4H3,(H,18,19). The summed E-state index contributed by atoms with van der Waals surface area (Å²) >= 11 is 0. The molecular weight excluding hydrogens is 270 g/mol. The number of rotatable bonds is 2. The van der Waals surface area contributed by atoms with Crippen LogP contribution in [0.2, 0.25) is 0 Å². The molecule has 1 N–H and O–H groups in total. The summed E-state index contributed by atoms with van der Waals surface area (Å²) in [6.45, 7) is 9.13. The Kier molecular flexibility index (Phi) is 3.98. The molecule has 1 saturated carbocycles. The van der Waals surface area contributed by atoms with E-state index >= 15 is 0 Å². The minimum absolute atomic E-state index is 0.0556. The summed E-state index contributed by atoms with van der Waals surface area (Å²) < 4.78 is 5.40. The van der Waals surface area contributed by atoms with E-state index in [1.807, 2.05) is 20.8 Å². The van der Waals surface area contributed by atoms with Gasteiger partial charge < -0.3 is 14.7 Å². The fraction of sp³-hybridized carbons (Fsp3) is 0.875. The summed E-state index contributed by atoms with van der Waals surface area (Å²) in [5.41, 5.74) is -0.259. The van der Waals surface area contributed by atoms with Gasteiger partial charge in [0.05, 0.1) is 6.42 Å². The highest BCUT2D eigenvalue weighted by Gasteiger charge is 2.53. The molecule has 2 rings (SSSR count). The first kappa shape index (κ1) is 16.1. The van der Waals surface area contributed by atoms with Crippen molar-refractivity contribution in [2.45, 2.75) is 65.4 Å². The van der Waals surface area contributed by atoms with Crippen LogP contribution in [0.4, 0.5) is 4.79 Å². The smallest absolute Gasteiger partial charge is 0.410 e. The first-order valence-electron chi connectivity index (χ1n) is 7.72. The molecule has 21 heavy (non-hydrogen) atoms. The molecule has 0 aromatic carbocycles. The van der Waals surface area contributed by atoms with Crippen molar-refractivity contribution in [2.24, 2.45) is 10.8 Å². The second kappa shape index (κ2) is 5.18. The van der Waals surface area contributed by atoms with Crippen LogP contribution in [-0.2, 0) is 9.53 Å². The molecule has 0 aromatic heterocycles. The largest absolute Gasteiger partial charge is 0.481 e. The molecule has 0 atom stereocenters. The lowest BCUT2D eigenvalue weighted by molar-refractivity contribution is -0.146. The molecular formula is C16H27NO4. The van der Waals surface area contributed by atoms with Crippen molar-refractivity contribution in [1.82, 2.24) is 4.90 Å². The van der Waals surface area contributed by atoms with Gasteiger partial charge in [-0.1, -0.05) is 6.92 Å². The van der Waals surface area contributed by atoms with Crippen LogP contribution in [0.3, 0.4) is 0 Å². The summed E-state index contributed by atoms with van der Waals surface area (Å²) in [6.07, 6.45) is 3.88. The molecule has 1 saturated heterocycles. The zero-order valence-electron chi connectivity index (χ0n) is 13.6. The highest BCUT2D eigenvalue weighted by Crippen LogP contribution is 2.60. The lowest BCUT2D eigenvalue weighted by Crippen LogP contribution is -2.53. The Balaban J connectivity index is 1.82. The van der Waals surface area contributed by atoms with Gasteiger partial charge in [-0.3, -0.25) is 4.79 Å². The third-order valence-corrected chi connectivity index (χ3v) is 4.66. The number of carboxylic acids is 1. The van der Waals surface area contributed by atoms with Crippen molar-refractivity contribution in [3.05, 3.63) is 0 Å². The van der Waals surface area contributed by atoms with E-state index in [1.54, 1.807) is 4.90 Å². The molecule has 5 heteroatoms. The number of likely N-dealkylation sites (tertiary alicyclic amines) is 1. The SMILES string of the molecule is CC1(CC(=O)O)CC2(CCN(C(=O)OC(C)(C)C)CC2)C1. The molecule has 2 fully saturated rings. The average molecular weight is 297 g/mol. The van der Waals surface area contributed by atoms with Crippen molar-refractivity contribution in [2.75, 3.05) is 13.1 Å². The first-order valence-corrected chi connectivity index (χ1v) is 7.72. The van der Waals surface area contributed by atoms with E-state index in [0.717, 1.165) is 38.8 Å². The lowest BCUT2D eigenvalue weighted by atomic mass is 9.49. The second-order valence-corrected chi connectivity index (χ2v) is 8.20. The molecule has 120 valence electrons. The number of piperidine rings is 1. The van der Waals surface area contributed by atoms with Gasteiger partial charge in [0.25, 0.3) is 0 Å². The highest BCUT2D eigenvalue weighted by atomic mass is 16.6. The van der Waals surface area contributed by atoms with Gasteiger partial charge in [0, 0.05) is 13.1 Å². The van der Waals surface area contributed by atoms with Crippen LogP contribution < -0.4 is 0 Å². The van der Waals surface area contributed by atoms with Gasteiger partial charge in [0.1, 0.15) is 5.60 Å². The van der Waals surface area contributed by atoms with Crippen molar-refractivity contribution in [3.63, 3.8) is 0 Å². The molecule has 1 spiro atoms. The maximum absolute atomic E-state index is 12.0. The number of hydrogen-bond donors (Lipinski definition) is 1. The van der Waals surface area contributed by atoms with Gasteiger partial charge in [0.15, 0.2) is 0 Å². The Morgan fingerprint density at radius 1 is 1.19 bits per heavy atom. The van der Waals surface area contributed by atoms with E-state index in [4.69, 9.17) is 9.84 Å². The predicted molar refractivity (Wildman–Crippen MR) is 79.1 cm³/mol. The fourth-order valence-corrected chi connectivity index (χ4v) is 4.09. The molecule has 0 unspecified atom stereocenters. The number of aliphatic carboxylic acids is 1. The maximum Gasteiger partial charge on any atom is 0.410 e. The molecule has 0 aromatic rings. The topological polar surface area (TPSA) is 66.8 Å². The van der Waals surface area contributed by atoms with E-state index in [-0.39, 0.29) is 23.3 Å². The summed E-state index contributed by atoms with van der Waals surface area (Å²) in [6, 6.07) is 0. The number of ether oxygens (including phenoxy) is 1. The number of hydrogen-bond acceptors (Lipinski definition) is 3. The number of nitrogens with zero attached hydrogens (tertiary/aromatic N) is 1. The third kappa shape index (κ3) is 3.89. The minimum Gasteiger partial charge on any atom is -0.481 e. The van der Waals surface area contributed by atoms with Gasteiger partial charge in [-0.2, -0.15) is 0 Å². The molecule has 2 aliphatic rings. The van der Waals surface area contributed by atoms with Gasteiger partial charge >= 0.3 is 12.1 Å². The number of amides is 1. The molecule has 0 bridgehead atoms. The van der Waals surface area contributed by atoms with Crippen molar-refractivity contribution >= 4 is 12.1 Å². The van der Waals surface area contributed by atoms with E-state index in [1.165, 1.54) is 0 Å². The van der Waals surface area contributed by atoms with Crippen molar-refractivity contribution < 1.29 is 19.4 Å². The van der Waals surface area contributed by atoms with Crippen LogP contribution in [0.5, 0.6) is 0 Å². The number of carbonyl (C=O) groups excluding carboxylic acids is 1. The Hall–Kier alpha value is -1.26. The molecule has 1 aliphatic carbocycles. The lowest BCUT2D eigenvalue weighted by Gasteiger charge is -2.57. The summed E-state index contributed by atoms with van der Waals surface area (Å²) in [5.74, 6) is -0.710. The van der Waals surface area contributed by atoms with E-state index < -0.39 is 11.6 Å². The molecule has 1 amide bonds. The van der Waals surface area contributed by atoms with Crippen LogP contribution in [-0.4, -0.2) is 40.8 Å². The quantitative estimate of drug-likeness (QED) is 0.849. The zero-order valence-corrected chi connectivity index (χ0v) is 13.6. The Labute approximate surface area is 126 Å². The van der Waals surface area contributed by atoms with E-state index in [0.29, 0.717) is 0 Å². The van der Waals surface area contributed by atoms with Crippen LogP contribution in [0.1, 0.15) is 59.8 Å². The van der Waals surface area contributed by atoms with Gasteiger partial charge in [-0.25, -0.2) is 4.79 Å². The number of carboxylic acid groups (broad SMARTS) is 1. The van der Waals surface area contributed by atoms with Crippen molar-refractivity contribution in [1.29, 1.82) is 0 Å². The molecule has 5 nitrogen and oxygen atoms in total. The predicted octanol–water partition coefficient (Wildman–Crippen LogP) is 3.28. The van der Waals surface area contributed by atoms with Crippen LogP contribution in [0, 0.1) is 10.8 Å². The van der Waals surface area contributed by atoms with Gasteiger partial charge in [-0.05, 0) is 57.3 Å². The van der Waals surface area contributed by atoms with Crippen LogP contribution in [0.25, 0.3) is 0 Å². The van der Waals surface area contributed by atoms with E-state index in [2.05, 4.69) is 6.92 Å². The highest BCUT2D eigenvalue weighted by molar-refractivity contribution is 5.68. The van der Waals surface area contributed by atoms with Crippen molar-refractivity contribution in [3.8, 4) is 0 Å². The van der Waals surface area contributed by atoms with E-state index in [9.17, 15) is 9.59 Å². The number of carbonyl (C=O) groups is 2. The third-order valence-electron chi connectivity index (χ3n) is 4.66. The average Bonchev–Trinajstić information content (AvgIpc) is 2.24. The first-order chi connectivity index (χ1) is 9.53. The zero-order chi connectivity index (χ0) is 15.9. The molecule has 1 heterocycles. The normalized spacial score (nSPS) is 23.5. The maximum atomic E-state index is 12.0. The second-order valence-electron chi connectivity index (χ2n) is 8.20. The fourth-order valence-electron chi connectivity index (χ4n) is 4.09. The summed E-state index contributed by atoms with van der Waals surface area (Å²) in [5, 5.41) is 8.95. The Bertz CT molecular complexity index is 422. The molecule has 0 radical (unpaired) electrons.